The summed E-state index contributed by atoms with van der Waals surface area (Å²) in [6.07, 6.45) is 1.31. The predicted molar refractivity (Wildman–Crippen MR) is 99.5 cm³/mol. The number of sulfone groups is 1. The number of rotatable bonds is 7. The molecule has 138 valence electrons. The zero-order valence-corrected chi connectivity index (χ0v) is 15.5. The summed E-state index contributed by atoms with van der Waals surface area (Å²) < 4.78 is 22.9. The van der Waals surface area contributed by atoms with Gasteiger partial charge in [-0.2, -0.15) is 0 Å². The summed E-state index contributed by atoms with van der Waals surface area (Å²) in [4.78, 5) is 24.1. The van der Waals surface area contributed by atoms with Gasteiger partial charge in [-0.15, -0.1) is 0 Å². The Bertz CT molecular complexity index is 862. The molecule has 26 heavy (non-hydrogen) atoms. The number of nitrogens with one attached hydrogen (secondary N) is 2. The molecule has 1 atom stereocenters. The Balaban J connectivity index is 1.81. The van der Waals surface area contributed by atoms with E-state index in [1.807, 2.05) is 13.0 Å². The second kappa shape index (κ2) is 8.62. The van der Waals surface area contributed by atoms with Crippen molar-refractivity contribution in [3.63, 3.8) is 0 Å². The van der Waals surface area contributed by atoms with Crippen LogP contribution in [-0.2, 0) is 14.6 Å². The molecule has 0 radical (unpaired) electrons. The van der Waals surface area contributed by atoms with Crippen LogP contribution in [0.25, 0.3) is 0 Å². The van der Waals surface area contributed by atoms with Gasteiger partial charge in [-0.1, -0.05) is 30.3 Å². The molecule has 2 rings (SSSR count). The molecular formula is C19H22N2O4S. The zero-order chi connectivity index (χ0) is 19.2. The Morgan fingerprint density at radius 2 is 1.62 bits per heavy atom. The van der Waals surface area contributed by atoms with Crippen LogP contribution in [-0.4, -0.2) is 33.0 Å². The lowest BCUT2D eigenvalue weighted by Gasteiger charge is -2.15. The van der Waals surface area contributed by atoms with E-state index in [0.29, 0.717) is 5.56 Å². The number of carbonyl (C=O) groups excluding carboxylic acids is 2. The molecule has 0 unspecified atom stereocenters. The smallest absolute Gasteiger partial charge is 0.251 e. The summed E-state index contributed by atoms with van der Waals surface area (Å²) in [5.74, 6) is -0.416. The van der Waals surface area contributed by atoms with Crippen molar-refractivity contribution in [2.45, 2.75) is 24.3 Å². The van der Waals surface area contributed by atoms with E-state index in [1.165, 1.54) is 12.1 Å². The molecule has 0 fully saturated rings. The van der Waals surface area contributed by atoms with Crippen LogP contribution < -0.4 is 10.6 Å². The highest BCUT2D eigenvalue weighted by Gasteiger charge is 2.12. The van der Waals surface area contributed by atoms with Crippen LogP contribution in [0, 0.1) is 0 Å². The van der Waals surface area contributed by atoms with E-state index in [9.17, 15) is 18.0 Å². The van der Waals surface area contributed by atoms with E-state index in [2.05, 4.69) is 10.6 Å². The van der Waals surface area contributed by atoms with Crippen molar-refractivity contribution in [2.24, 2.45) is 0 Å². The van der Waals surface area contributed by atoms with Crippen molar-refractivity contribution in [1.29, 1.82) is 0 Å². The second-order valence-electron chi connectivity index (χ2n) is 6.00. The maximum Gasteiger partial charge on any atom is 0.251 e. The van der Waals surface area contributed by atoms with Crippen molar-refractivity contribution < 1.29 is 18.0 Å². The third-order valence-corrected chi connectivity index (χ3v) is 4.99. The van der Waals surface area contributed by atoms with Gasteiger partial charge < -0.3 is 10.6 Å². The molecular weight excluding hydrogens is 352 g/mol. The van der Waals surface area contributed by atoms with Crippen molar-refractivity contribution in [1.82, 2.24) is 10.6 Å². The maximum absolute atomic E-state index is 12.0. The number of hydrogen-bond donors (Lipinski definition) is 2. The first kappa shape index (κ1) is 19.7. The van der Waals surface area contributed by atoms with E-state index < -0.39 is 9.84 Å². The molecule has 0 aliphatic carbocycles. The minimum atomic E-state index is -3.24. The number of benzene rings is 2. The largest absolute Gasteiger partial charge is 0.352 e. The van der Waals surface area contributed by atoms with Crippen LogP contribution >= 0.6 is 0 Å². The van der Waals surface area contributed by atoms with Gasteiger partial charge in [-0.05, 0) is 36.8 Å². The third kappa shape index (κ3) is 5.70. The summed E-state index contributed by atoms with van der Waals surface area (Å²) >= 11 is 0. The van der Waals surface area contributed by atoms with Gasteiger partial charge in [0.2, 0.25) is 5.91 Å². The normalized spacial score (nSPS) is 12.2. The summed E-state index contributed by atoms with van der Waals surface area (Å²) in [6, 6.07) is 14.9. The van der Waals surface area contributed by atoms with E-state index in [4.69, 9.17) is 0 Å². The summed E-state index contributed by atoms with van der Waals surface area (Å²) in [6.45, 7) is 2.05. The van der Waals surface area contributed by atoms with Crippen molar-refractivity contribution in [3.05, 3.63) is 65.7 Å². The molecule has 0 aromatic heterocycles. The van der Waals surface area contributed by atoms with Gasteiger partial charge in [-0.3, -0.25) is 9.59 Å². The standard InChI is InChI=1S/C19H22N2O4S/c1-14(15-8-10-17(11-9-15)26(2,24)25)21-18(22)12-13-20-19(23)16-6-4-3-5-7-16/h3-11,14H,12-13H2,1-2H3,(H,20,23)(H,21,22)/t14-/m1/s1. The summed E-state index contributed by atoms with van der Waals surface area (Å²) in [7, 11) is -3.24. The first-order valence-electron chi connectivity index (χ1n) is 8.20. The highest BCUT2D eigenvalue weighted by Crippen LogP contribution is 2.16. The molecule has 0 heterocycles. The van der Waals surface area contributed by atoms with Gasteiger partial charge in [0, 0.05) is 24.8 Å². The molecule has 0 aliphatic rings. The van der Waals surface area contributed by atoms with Crippen LogP contribution in [0.4, 0.5) is 0 Å². The second-order valence-corrected chi connectivity index (χ2v) is 8.02. The van der Waals surface area contributed by atoms with E-state index >= 15 is 0 Å². The van der Waals surface area contributed by atoms with Crippen LogP contribution in [0.3, 0.4) is 0 Å². The highest BCUT2D eigenvalue weighted by molar-refractivity contribution is 7.90. The Morgan fingerprint density at radius 1 is 1.00 bits per heavy atom. The minimum Gasteiger partial charge on any atom is -0.352 e. The summed E-state index contributed by atoms with van der Waals surface area (Å²) in [5.41, 5.74) is 1.35. The fourth-order valence-corrected chi connectivity index (χ4v) is 3.01. The van der Waals surface area contributed by atoms with Crippen molar-refractivity contribution in [2.75, 3.05) is 12.8 Å². The predicted octanol–water partition coefficient (Wildman–Crippen LogP) is 2.09. The summed E-state index contributed by atoms with van der Waals surface area (Å²) in [5, 5.41) is 5.53. The molecule has 2 amide bonds. The number of hydrogen-bond acceptors (Lipinski definition) is 4. The van der Waals surface area contributed by atoms with E-state index in [1.54, 1.807) is 36.4 Å². The van der Waals surface area contributed by atoms with Gasteiger partial charge in [0.1, 0.15) is 0 Å². The molecule has 7 heteroatoms. The molecule has 0 spiro atoms. The van der Waals surface area contributed by atoms with Crippen LogP contribution in [0.5, 0.6) is 0 Å². The third-order valence-electron chi connectivity index (χ3n) is 3.86. The molecule has 2 N–H and O–H groups in total. The first-order chi connectivity index (χ1) is 12.3. The quantitative estimate of drug-likeness (QED) is 0.776. The molecule has 0 aliphatic heterocycles. The Hall–Kier alpha value is -2.67. The maximum atomic E-state index is 12.0. The number of amides is 2. The van der Waals surface area contributed by atoms with Gasteiger partial charge in [0.25, 0.3) is 5.91 Å². The Labute approximate surface area is 153 Å². The highest BCUT2D eigenvalue weighted by atomic mass is 32.2. The Kier molecular flexibility index (Phi) is 6.52. The van der Waals surface area contributed by atoms with Crippen molar-refractivity contribution >= 4 is 21.7 Å². The fraction of sp³-hybridized carbons (Fsp3) is 0.263. The fourth-order valence-electron chi connectivity index (χ4n) is 2.38. The lowest BCUT2D eigenvalue weighted by atomic mass is 10.1. The van der Waals surface area contributed by atoms with E-state index in [0.717, 1.165) is 11.8 Å². The van der Waals surface area contributed by atoms with E-state index in [-0.39, 0.29) is 35.7 Å². The average Bonchev–Trinajstić information content (AvgIpc) is 2.61. The molecule has 0 bridgehead atoms. The minimum absolute atomic E-state index is 0.157. The van der Waals surface area contributed by atoms with Crippen LogP contribution in [0.1, 0.15) is 35.3 Å². The molecule has 2 aromatic carbocycles. The van der Waals surface area contributed by atoms with Crippen LogP contribution in [0.15, 0.2) is 59.5 Å². The molecule has 0 saturated carbocycles. The van der Waals surface area contributed by atoms with Crippen molar-refractivity contribution in [3.8, 4) is 0 Å². The average molecular weight is 374 g/mol. The SMILES string of the molecule is C[C@@H](NC(=O)CCNC(=O)c1ccccc1)c1ccc(S(C)(=O)=O)cc1. The molecule has 0 saturated heterocycles. The molecule has 2 aromatic rings. The van der Waals surface area contributed by atoms with Gasteiger partial charge in [0.05, 0.1) is 10.9 Å². The van der Waals surface area contributed by atoms with Gasteiger partial charge in [-0.25, -0.2) is 8.42 Å². The van der Waals surface area contributed by atoms with Gasteiger partial charge >= 0.3 is 0 Å². The van der Waals surface area contributed by atoms with Gasteiger partial charge in [0.15, 0.2) is 9.84 Å². The number of carbonyl (C=O) groups is 2. The lowest BCUT2D eigenvalue weighted by molar-refractivity contribution is -0.121. The Morgan fingerprint density at radius 3 is 2.19 bits per heavy atom. The molecule has 6 nitrogen and oxygen atoms in total. The monoisotopic (exact) mass is 374 g/mol. The zero-order valence-electron chi connectivity index (χ0n) is 14.7. The van der Waals surface area contributed by atoms with Crippen LogP contribution in [0.2, 0.25) is 0 Å². The lowest BCUT2D eigenvalue weighted by Crippen LogP contribution is -2.32. The first-order valence-corrected chi connectivity index (χ1v) is 10.1. The topological polar surface area (TPSA) is 92.3 Å².